The molecule has 1 heteroatoms. The second-order valence-corrected chi connectivity index (χ2v) is 4.53. The summed E-state index contributed by atoms with van der Waals surface area (Å²) in [7, 11) is 0. The van der Waals surface area contributed by atoms with Crippen LogP contribution in [0.15, 0.2) is 0 Å². The van der Waals surface area contributed by atoms with E-state index >= 15 is 0 Å². The molecule has 0 unspecified atom stereocenters. The molecular weight excluding hydrogens is 136 g/mol. The molecule has 0 saturated heterocycles. The molecule has 0 aliphatic heterocycles. The van der Waals surface area contributed by atoms with Crippen molar-refractivity contribution >= 4 is 0 Å². The third-order valence-corrected chi connectivity index (χ3v) is 1.74. The van der Waals surface area contributed by atoms with E-state index in [1.54, 1.807) is 0 Å². The molecule has 0 fully saturated rings. The van der Waals surface area contributed by atoms with E-state index in [0.29, 0.717) is 0 Å². The summed E-state index contributed by atoms with van der Waals surface area (Å²) in [6.45, 7) is 8.27. The van der Waals surface area contributed by atoms with Crippen LogP contribution in [0.2, 0.25) is 0 Å². The van der Waals surface area contributed by atoms with Gasteiger partial charge in [0.2, 0.25) is 0 Å². The van der Waals surface area contributed by atoms with Gasteiger partial charge in [-0.05, 0) is 25.7 Å². The zero-order valence-electron chi connectivity index (χ0n) is 7.94. The Hall–Kier alpha value is -0.480. The first-order valence-corrected chi connectivity index (χ1v) is 3.92. The fourth-order valence-electron chi connectivity index (χ4n) is 1.30. The van der Waals surface area contributed by atoms with Crippen LogP contribution in [-0.2, 0) is 0 Å². The molecule has 0 spiro atoms. The normalized spacial score (nSPS) is 12.7. The zero-order chi connectivity index (χ0) is 9.12. The first-order chi connectivity index (χ1) is 4.83. The number of hydrogen-bond acceptors (Lipinski definition) is 1. The van der Waals surface area contributed by atoms with Crippen molar-refractivity contribution < 1.29 is 5.11 Å². The lowest BCUT2D eigenvalue weighted by molar-refractivity contribution is 0.122. The molecule has 1 N–H and O–H groups in total. The van der Waals surface area contributed by atoms with Crippen molar-refractivity contribution in [2.24, 2.45) is 10.8 Å². The quantitative estimate of drug-likeness (QED) is 0.617. The topological polar surface area (TPSA) is 20.2 Å². The number of aliphatic hydroxyl groups excluding tert-OH is 1. The van der Waals surface area contributed by atoms with Crippen LogP contribution in [-0.4, -0.2) is 11.7 Å². The molecule has 0 rings (SSSR count). The highest BCUT2D eigenvalue weighted by atomic mass is 16.3. The fraction of sp³-hybridized carbons (Fsp3) is 0.800. The minimum atomic E-state index is -0.105. The number of terminal acetylenes is 1. The van der Waals surface area contributed by atoms with Gasteiger partial charge in [0.05, 0.1) is 0 Å². The summed E-state index contributed by atoms with van der Waals surface area (Å²) in [5.74, 6) is 2.72. The van der Waals surface area contributed by atoms with Crippen LogP contribution < -0.4 is 0 Å². The van der Waals surface area contributed by atoms with E-state index in [2.05, 4.69) is 5.92 Å². The third-order valence-electron chi connectivity index (χ3n) is 1.74. The highest BCUT2D eigenvalue weighted by molar-refractivity contribution is 5.02. The molecule has 0 saturated carbocycles. The van der Waals surface area contributed by atoms with Crippen molar-refractivity contribution in [3.8, 4) is 12.3 Å². The summed E-state index contributed by atoms with van der Waals surface area (Å²) in [5.41, 5.74) is -0.165. The van der Waals surface area contributed by atoms with Crippen LogP contribution in [0.25, 0.3) is 0 Å². The van der Waals surface area contributed by atoms with Gasteiger partial charge in [-0.25, -0.2) is 0 Å². The highest BCUT2D eigenvalue weighted by Crippen LogP contribution is 2.32. The molecule has 64 valence electrons. The molecule has 0 heterocycles. The van der Waals surface area contributed by atoms with Crippen LogP contribution in [0.3, 0.4) is 0 Å². The average molecular weight is 154 g/mol. The molecule has 11 heavy (non-hydrogen) atoms. The summed E-state index contributed by atoms with van der Waals surface area (Å²) in [6, 6.07) is 0. The van der Waals surface area contributed by atoms with Crippen molar-refractivity contribution in [1.82, 2.24) is 0 Å². The predicted molar refractivity (Wildman–Crippen MR) is 48.1 cm³/mol. The van der Waals surface area contributed by atoms with Crippen LogP contribution in [0.5, 0.6) is 0 Å². The molecule has 1 nitrogen and oxygen atoms in total. The van der Waals surface area contributed by atoms with Gasteiger partial charge in [-0.15, -0.1) is 12.3 Å². The van der Waals surface area contributed by atoms with Gasteiger partial charge in [0, 0.05) is 12.0 Å². The largest absolute Gasteiger partial charge is 0.396 e. The van der Waals surface area contributed by atoms with Gasteiger partial charge in [-0.1, -0.05) is 13.8 Å². The molecule has 0 aromatic heterocycles. The van der Waals surface area contributed by atoms with Crippen LogP contribution >= 0.6 is 0 Å². The second-order valence-electron chi connectivity index (χ2n) is 4.53. The van der Waals surface area contributed by atoms with E-state index in [1.807, 2.05) is 27.7 Å². The Labute approximate surface area is 69.8 Å². The smallest absolute Gasteiger partial charge is 0.0482 e. The summed E-state index contributed by atoms with van der Waals surface area (Å²) in [4.78, 5) is 0. The molecule has 0 bridgehead atoms. The molecule has 0 atom stereocenters. The van der Waals surface area contributed by atoms with E-state index in [-0.39, 0.29) is 17.4 Å². The Morgan fingerprint density at radius 3 is 2.00 bits per heavy atom. The Morgan fingerprint density at radius 2 is 1.73 bits per heavy atom. The molecular formula is C10H18O. The van der Waals surface area contributed by atoms with Crippen molar-refractivity contribution in [3.05, 3.63) is 0 Å². The first kappa shape index (κ1) is 10.5. The summed E-state index contributed by atoms with van der Waals surface area (Å²) >= 11 is 0. The second kappa shape index (κ2) is 3.28. The van der Waals surface area contributed by atoms with Gasteiger partial charge in [0.15, 0.2) is 0 Å². The maximum Gasteiger partial charge on any atom is 0.0482 e. The van der Waals surface area contributed by atoms with Crippen molar-refractivity contribution in [3.63, 3.8) is 0 Å². The van der Waals surface area contributed by atoms with E-state index in [0.717, 1.165) is 6.42 Å². The van der Waals surface area contributed by atoms with E-state index < -0.39 is 0 Å². The highest BCUT2D eigenvalue weighted by Gasteiger charge is 2.26. The van der Waals surface area contributed by atoms with Gasteiger partial charge < -0.3 is 5.11 Å². The van der Waals surface area contributed by atoms with Crippen LogP contribution in [0.1, 0.15) is 34.1 Å². The van der Waals surface area contributed by atoms with Gasteiger partial charge in [-0.3, -0.25) is 0 Å². The average Bonchev–Trinajstić information content (AvgIpc) is 1.86. The van der Waals surface area contributed by atoms with Gasteiger partial charge in [-0.2, -0.15) is 0 Å². The van der Waals surface area contributed by atoms with Gasteiger partial charge in [0.1, 0.15) is 0 Å². The monoisotopic (exact) mass is 154 g/mol. The van der Waals surface area contributed by atoms with Crippen molar-refractivity contribution in [2.75, 3.05) is 6.61 Å². The molecule has 0 amide bonds. The third kappa shape index (κ3) is 4.06. The summed E-state index contributed by atoms with van der Waals surface area (Å²) in [6.07, 6.45) is 6.19. The predicted octanol–water partition coefficient (Wildman–Crippen LogP) is 2.05. The lowest BCUT2D eigenvalue weighted by atomic mass is 9.76. The summed E-state index contributed by atoms with van der Waals surface area (Å²) < 4.78 is 0. The Bertz CT molecular complexity index is 160. The van der Waals surface area contributed by atoms with E-state index in [1.165, 1.54) is 0 Å². The summed E-state index contributed by atoms with van der Waals surface area (Å²) in [5, 5.41) is 8.98. The fourth-order valence-corrected chi connectivity index (χ4v) is 1.30. The SMILES string of the molecule is C#CC(C)(C)CC(C)(C)CO. The van der Waals surface area contributed by atoms with Gasteiger partial charge >= 0.3 is 0 Å². The van der Waals surface area contributed by atoms with E-state index in [9.17, 15) is 0 Å². The number of aliphatic hydroxyl groups is 1. The van der Waals surface area contributed by atoms with E-state index in [4.69, 9.17) is 11.5 Å². The van der Waals surface area contributed by atoms with Crippen LogP contribution in [0, 0.1) is 23.2 Å². The maximum atomic E-state index is 8.98. The molecule has 0 aromatic rings. The molecule has 0 aliphatic carbocycles. The minimum absolute atomic E-state index is 0.0597. The Morgan fingerprint density at radius 1 is 1.27 bits per heavy atom. The Balaban J connectivity index is 4.16. The number of rotatable bonds is 3. The zero-order valence-corrected chi connectivity index (χ0v) is 7.94. The van der Waals surface area contributed by atoms with Gasteiger partial charge in [0.25, 0.3) is 0 Å². The lowest BCUT2D eigenvalue weighted by Gasteiger charge is -2.29. The lowest BCUT2D eigenvalue weighted by Crippen LogP contribution is -2.25. The standard InChI is InChI=1S/C10H18O/c1-6-9(2,3)7-10(4,5)8-11/h1,11H,7-8H2,2-5H3. The van der Waals surface area contributed by atoms with Crippen LogP contribution in [0.4, 0.5) is 0 Å². The molecule has 0 radical (unpaired) electrons. The molecule has 0 aromatic carbocycles. The first-order valence-electron chi connectivity index (χ1n) is 3.92. The molecule has 0 aliphatic rings. The Kier molecular flexibility index (Phi) is 3.13. The van der Waals surface area contributed by atoms with Crippen molar-refractivity contribution in [2.45, 2.75) is 34.1 Å². The van der Waals surface area contributed by atoms with Crippen molar-refractivity contribution in [1.29, 1.82) is 0 Å². The maximum absolute atomic E-state index is 8.98. The minimum Gasteiger partial charge on any atom is -0.396 e. The number of hydrogen-bond donors (Lipinski definition) is 1.